The summed E-state index contributed by atoms with van der Waals surface area (Å²) < 4.78 is 11.6. The first-order valence-electron chi connectivity index (χ1n) is 19.0. The summed E-state index contributed by atoms with van der Waals surface area (Å²) >= 11 is 1.87. The fourth-order valence-electron chi connectivity index (χ4n) is 8.81. The Balaban J connectivity index is 1.06. The lowest BCUT2D eigenvalue weighted by Gasteiger charge is -2.26. The van der Waals surface area contributed by atoms with Crippen molar-refractivity contribution in [3.8, 4) is 16.8 Å². The predicted molar refractivity (Wildman–Crippen MR) is 239 cm³/mol. The summed E-state index contributed by atoms with van der Waals surface area (Å²) in [6, 6.07) is 70.1. The number of furan rings is 1. The molecule has 0 aliphatic heterocycles. The number of nitrogens with zero attached hydrogens (tertiary/aromatic N) is 2. The Kier molecular flexibility index (Phi) is 6.80. The molecule has 0 saturated carbocycles. The number of hydrogen-bond donors (Lipinski definition) is 0. The largest absolute Gasteiger partial charge is 0.454 e. The minimum absolute atomic E-state index is 0.875. The average Bonchev–Trinajstić information content (AvgIpc) is 3.95. The highest BCUT2D eigenvalue weighted by atomic mass is 32.1. The van der Waals surface area contributed by atoms with Crippen LogP contribution in [0.25, 0.3) is 91.5 Å². The molecule has 0 unspecified atom stereocenters. The Labute approximate surface area is 326 Å². The number of aromatic nitrogens is 1. The molecule has 0 fully saturated rings. The lowest BCUT2D eigenvalue weighted by molar-refractivity contribution is 0.669. The molecule has 0 atom stereocenters. The second-order valence-electron chi connectivity index (χ2n) is 14.5. The molecule has 3 nitrogen and oxygen atoms in total. The third kappa shape index (κ3) is 4.63. The molecular weight excluding hydrogens is 701 g/mol. The van der Waals surface area contributed by atoms with E-state index in [1.54, 1.807) is 0 Å². The van der Waals surface area contributed by atoms with Gasteiger partial charge in [0.05, 0.1) is 27.1 Å². The van der Waals surface area contributed by atoms with Gasteiger partial charge in [-0.05, 0) is 76.5 Å². The first-order chi connectivity index (χ1) is 27.8. The molecule has 0 amide bonds. The zero-order chi connectivity index (χ0) is 36.7. The topological polar surface area (TPSA) is 21.3 Å². The molecule has 12 rings (SSSR count). The number of anilines is 3. The van der Waals surface area contributed by atoms with Crippen LogP contribution >= 0.6 is 11.3 Å². The minimum atomic E-state index is 0.875. The van der Waals surface area contributed by atoms with Crippen LogP contribution in [0, 0.1) is 0 Å². The number of benzene rings is 9. The van der Waals surface area contributed by atoms with E-state index in [0.29, 0.717) is 0 Å². The maximum atomic E-state index is 6.70. The molecule has 0 radical (unpaired) electrons. The molecule has 9 aromatic carbocycles. The van der Waals surface area contributed by atoms with Gasteiger partial charge in [-0.15, -0.1) is 11.3 Å². The molecule has 0 aliphatic rings. The highest BCUT2D eigenvalue weighted by Crippen LogP contribution is 2.49. The van der Waals surface area contributed by atoms with Crippen LogP contribution in [0.15, 0.2) is 199 Å². The fraction of sp³-hybridized carbons (Fsp3) is 0. The summed E-state index contributed by atoms with van der Waals surface area (Å²) in [6.07, 6.45) is 0. The second kappa shape index (κ2) is 12.2. The lowest BCUT2D eigenvalue weighted by Crippen LogP contribution is -2.10. The van der Waals surface area contributed by atoms with Crippen LogP contribution in [0.1, 0.15) is 0 Å². The van der Waals surface area contributed by atoms with Crippen LogP contribution < -0.4 is 4.90 Å². The predicted octanol–water partition coefficient (Wildman–Crippen LogP) is 15.3. The Hall–Kier alpha value is -7.14. The van der Waals surface area contributed by atoms with Gasteiger partial charge in [0.1, 0.15) is 5.58 Å². The SMILES string of the molecule is c1ccc(-n2c3ccccc3c3ccc(-c4ccc(N(c5cccc6c5oc5ccccc56)c5cccc6c5sc5c7ccccc7ccc65)cc4)cc32)cc1. The van der Waals surface area contributed by atoms with E-state index in [0.717, 1.165) is 50.3 Å². The van der Waals surface area contributed by atoms with Crippen molar-refractivity contribution in [1.29, 1.82) is 0 Å². The van der Waals surface area contributed by atoms with Gasteiger partial charge in [-0.1, -0.05) is 140 Å². The molecule has 0 saturated heterocycles. The molecule has 4 heteroatoms. The maximum absolute atomic E-state index is 6.70. The third-order valence-electron chi connectivity index (χ3n) is 11.4. The quantitative estimate of drug-likeness (QED) is 0.176. The molecule has 0 aliphatic carbocycles. The fourth-order valence-corrected chi connectivity index (χ4v) is 10.2. The Morgan fingerprint density at radius 3 is 1.93 bits per heavy atom. The van der Waals surface area contributed by atoms with Crippen LogP contribution in [0.3, 0.4) is 0 Å². The molecule has 0 spiro atoms. The number of para-hydroxylation sites is 4. The van der Waals surface area contributed by atoms with Gasteiger partial charge >= 0.3 is 0 Å². The van der Waals surface area contributed by atoms with Crippen molar-refractivity contribution in [1.82, 2.24) is 4.57 Å². The number of rotatable bonds is 5. The van der Waals surface area contributed by atoms with Crippen LogP contribution in [0.2, 0.25) is 0 Å². The van der Waals surface area contributed by atoms with E-state index in [1.165, 1.54) is 58.3 Å². The van der Waals surface area contributed by atoms with Crippen molar-refractivity contribution in [2.24, 2.45) is 0 Å². The third-order valence-corrected chi connectivity index (χ3v) is 12.7. The van der Waals surface area contributed by atoms with E-state index in [1.807, 2.05) is 17.4 Å². The number of hydrogen-bond acceptors (Lipinski definition) is 3. The first kappa shape index (κ1) is 31.2. The highest BCUT2D eigenvalue weighted by Gasteiger charge is 2.23. The molecule has 262 valence electrons. The lowest BCUT2D eigenvalue weighted by atomic mass is 10.0. The Bertz CT molecular complexity index is 3480. The molecule has 0 N–H and O–H groups in total. The van der Waals surface area contributed by atoms with E-state index in [-0.39, 0.29) is 0 Å². The monoisotopic (exact) mass is 732 g/mol. The zero-order valence-electron chi connectivity index (χ0n) is 30.2. The summed E-state index contributed by atoms with van der Waals surface area (Å²) in [5.74, 6) is 0. The van der Waals surface area contributed by atoms with Gasteiger partial charge in [0.25, 0.3) is 0 Å². The van der Waals surface area contributed by atoms with E-state index >= 15 is 0 Å². The van der Waals surface area contributed by atoms with Crippen LogP contribution in [0.4, 0.5) is 17.1 Å². The smallest absolute Gasteiger partial charge is 0.159 e. The van der Waals surface area contributed by atoms with Crippen molar-refractivity contribution in [3.05, 3.63) is 194 Å². The van der Waals surface area contributed by atoms with Crippen molar-refractivity contribution in [2.45, 2.75) is 0 Å². The summed E-state index contributed by atoms with van der Waals surface area (Å²) in [6.45, 7) is 0. The van der Waals surface area contributed by atoms with Gasteiger partial charge in [-0.2, -0.15) is 0 Å². The zero-order valence-corrected chi connectivity index (χ0v) is 31.0. The first-order valence-corrected chi connectivity index (χ1v) is 19.8. The normalized spacial score (nSPS) is 11.9. The summed E-state index contributed by atoms with van der Waals surface area (Å²) in [7, 11) is 0. The van der Waals surface area contributed by atoms with E-state index in [2.05, 4.69) is 198 Å². The number of thiophene rings is 1. The van der Waals surface area contributed by atoms with Crippen LogP contribution in [-0.2, 0) is 0 Å². The average molecular weight is 733 g/mol. The van der Waals surface area contributed by atoms with Gasteiger partial charge in [0.15, 0.2) is 5.58 Å². The molecular formula is C52H32N2OS. The highest BCUT2D eigenvalue weighted by molar-refractivity contribution is 7.27. The van der Waals surface area contributed by atoms with Gasteiger partial charge in [-0.25, -0.2) is 0 Å². The molecule has 56 heavy (non-hydrogen) atoms. The van der Waals surface area contributed by atoms with Gasteiger partial charge < -0.3 is 13.9 Å². The molecule has 3 heterocycles. The van der Waals surface area contributed by atoms with E-state index in [4.69, 9.17) is 4.42 Å². The van der Waals surface area contributed by atoms with Crippen LogP contribution in [0.5, 0.6) is 0 Å². The number of fused-ring (bicyclic) bond motifs is 11. The summed E-state index contributed by atoms with van der Waals surface area (Å²) in [5, 5.41) is 9.82. The minimum Gasteiger partial charge on any atom is -0.454 e. The van der Waals surface area contributed by atoms with Crippen molar-refractivity contribution in [2.75, 3.05) is 4.90 Å². The van der Waals surface area contributed by atoms with Gasteiger partial charge in [0.2, 0.25) is 0 Å². The molecule has 12 aromatic rings. The van der Waals surface area contributed by atoms with Crippen molar-refractivity contribution < 1.29 is 4.42 Å². The summed E-state index contributed by atoms with van der Waals surface area (Å²) in [5.41, 5.74) is 10.9. The Morgan fingerprint density at radius 1 is 0.411 bits per heavy atom. The second-order valence-corrected chi connectivity index (χ2v) is 15.5. The maximum Gasteiger partial charge on any atom is 0.159 e. The van der Waals surface area contributed by atoms with Crippen LogP contribution in [-0.4, -0.2) is 4.57 Å². The molecule has 3 aromatic heterocycles. The van der Waals surface area contributed by atoms with E-state index in [9.17, 15) is 0 Å². The Morgan fingerprint density at radius 2 is 1.05 bits per heavy atom. The van der Waals surface area contributed by atoms with Gasteiger partial charge in [0, 0.05) is 48.4 Å². The van der Waals surface area contributed by atoms with Crippen molar-refractivity contribution >= 4 is 103 Å². The van der Waals surface area contributed by atoms with Gasteiger partial charge in [-0.3, -0.25) is 0 Å². The molecule has 0 bridgehead atoms. The van der Waals surface area contributed by atoms with E-state index < -0.39 is 0 Å². The summed E-state index contributed by atoms with van der Waals surface area (Å²) in [4.78, 5) is 2.39. The van der Waals surface area contributed by atoms with Crippen molar-refractivity contribution in [3.63, 3.8) is 0 Å². The standard InChI is InChI=1S/C52H32N2OS/c1-2-13-36(14-3-1)53-45-20-8-6-16-39(45)40-30-27-35(32-48(40)53)33-24-28-37(29-25-33)54(46-21-10-18-42-41-17-7-9-23-49(41)55-50(42)46)47-22-11-19-43-44-31-26-34-12-4-5-15-38(34)51(44)56-52(43)47/h1-32H.